The van der Waals surface area contributed by atoms with Crippen LogP contribution in [0, 0.1) is 5.82 Å². The van der Waals surface area contributed by atoms with E-state index in [0.717, 1.165) is 13.0 Å². The summed E-state index contributed by atoms with van der Waals surface area (Å²) in [7, 11) is 0. The molecular formula is C13H13BrFN3O. The van der Waals surface area contributed by atoms with E-state index in [1.807, 2.05) is 0 Å². The first-order valence-electron chi connectivity index (χ1n) is 5.88. The van der Waals surface area contributed by atoms with E-state index in [9.17, 15) is 4.39 Å². The van der Waals surface area contributed by atoms with E-state index in [4.69, 9.17) is 4.74 Å². The van der Waals surface area contributed by atoms with E-state index >= 15 is 0 Å². The summed E-state index contributed by atoms with van der Waals surface area (Å²) in [6.45, 7) is 2.87. The molecule has 0 saturated carbocycles. The van der Waals surface area contributed by atoms with E-state index in [1.165, 1.54) is 18.3 Å². The van der Waals surface area contributed by atoms with Gasteiger partial charge < -0.3 is 10.1 Å². The average molecular weight is 326 g/mol. The molecule has 0 amide bonds. The van der Waals surface area contributed by atoms with Gasteiger partial charge in [0.15, 0.2) is 0 Å². The van der Waals surface area contributed by atoms with E-state index in [0.29, 0.717) is 21.9 Å². The van der Waals surface area contributed by atoms with Crippen molar-refractivity contribution >= 4 is 21.7 Å². The Morgan fingerprint density at radius 1 is 1.37 bits per heavy atom. The summed E-state index contributed by atoms with van der Waals surface area (Å²) in [5.74, 6) is 0.938. The molecule has 0 bridgehead atoms. The molecule has 0 aliphatic carbocycles. The number of anilines is 1. The van der Waals surface area contributed by atoms with Crippen molar-refractivity contribution in [2.45, 2.75) is 13.3 Å². The fourth-order valence-corrected chi connectivity index (χ4v) is 1.73. The van der Waals surface area contributed by atoms with E-state index in [1.54, 1.807) is 12.3 Å². The van der Waals surface area contributed by atoms with Crippen LogP contribution in [0.4, 0.5) is 10.2 Å². The Balaban J connectivity index is 2.16. The third kappa shape index (κ3) is 3.89. The lowest BCUT2D eigenvalue weighted by atomic mass is 10.3. The summed E-state index contributed by atoms with van der Waals surface area (Å²) < 4.78 is 19.3. The zero-order valence-electron chi connectivity index (χ0n) is 10.4. The lowest BCUT2D eigenvalue weighted by Crippen LogP contribution is -2.03. The number of benzene rings is 1. The summed E-state index contributed by atoms with van der Waals surface area (Å²) in [6.07, 6.45) is 4.08. The molecule has 2 rings (SSSR count). The highest BCUT2D eigenvalue weighted by atomic mass is 79.9. The van der Waals surface area contributed by atoms with Gasteiger partial charge in [-0.15, -0.1) is 0 Å². The van der Waals surface area contributed by atoms with Gasteiger partial charge in [-0.2, -0.15) is 4.98 Å². The van der Waals surface area contributed by atoms with Crippen LogP contribution >= 0.6 is 15.9 Å². The molecular weight excluding hydrogens is 313 g/mol. The van der Waals surface area contributed by atoms with Crippen molar-refractivity contribution in [2.24, 2.45) is 0 Å². The van der Waals surface area contributed by atoms with Gasteiger partial charge in [0.05, 0.1) is 16.9 Å². The summed E-state index contributed by atoms with van der Waals surface area (Å²) in [5, 5.41) is 3.11. The molecule has 0 fully saturated rings. The minimum Gasteiger partial charge on any atom is -0.436 e. The molecule has 100 valence electrons. The maximum atomic E-state index is 13.1. The van der Waals surface area contributed by atoms with Crippen molar-refractivity contribution < 1.29 is 9.13 Å². The number of hydrogen-bond acceptors (Lipinski definition) is 4. The Bertz CT molecular complexity index is 565. The van der Waals surface area contributed by atoms with Crippen LogP contribution in [0.1, 0.15) is 13.3 Å². The van der Waals surface area contributed by atoms with Crippen molar-refractivity contribution in [3.05, 3.63) is 40.9 Å². The van der Waals surface area contributed by atoms with Crippen LogP contribution in [0.2, 0.25) is 0 Å². The Kier molecular flexibility index (Phi) is 4.68. The quantitative estimate of drug-likeness (QED) is 0.902. The van der Waals surface area contributed by atoms with Crippen LogP contribution in [0.15, 0.2) is 35.1 Å². The lowest BCUT2D eigenvalue weighted by molar-refractivity contribution is 0.453. The SMILES string of the molecule is CCCNc1cncc(Oc2cc(F)ccc2Br)n1. The van der Waals surface area contributed by atoms with Crippen molar-refractivity contribution in [3.8, 4) is 11.6 Å². The Labute approximate surface area is 119 Å². The summed E-state index contributed by atoms with van der Waals surface area (Å²) in [6, 6.07) is 4.22. The molecule has 0 radical (unpaired) electrons. The van der Waals surface area contributed by atoms with Crippen LogP contribution in [0.3, 0.4) is 0 Å². The van der Waals surface area contributed by atoms with Crippen LogP contribution in [0.5, 0.6) is 11.6 Å². The van der Waals surface area contributed by atoms with E-state index in [-0.39, 0.29) is 5.82 Å². The number of nitrogens with zero attached hydrogens (tertiary/aromatic N) is 2. The monoisotopic (exact) mass is 325 g/mol. The van der Waals surface area contributed by atoms with Gasteiger partial charge in [0.2, 0.25) is 5.88 Å². The summed E-state index contributed by atoms with van der Waals surface area (Å²) in [5.41, 5.74) is 0. The fourth-order valence-electron chi connectivity index (χ4n) is 1.40. The number of nitrogens with one attached hydrogen (secondary N) is 1. The Morgan fingerprint density at radius 3 is 3.00 bits per heavy atom. The Hall–Kier alpha value is -1.69. The summed E-state index contributed by atoms with van der Waals surface area (Å²) in [4.78, 5) is 8.26. The minimum atomic E-state index is -0.369. The zero-order valence-corrected chi connectivity index (χ0v) is 11.9. The molecule has 1 N–H and O–H groups in total. The van der Waals surface area contributed by atoms with Crippen molar-refractivity contribution in [3.63, 3.8) is 0 Å². The number of aromatic nitrogens is 2. The third-order valence-corrected chi connectivity index (χ3v) is 2.93. The second-order valence-corrected chi connectivity index (χ2v) is 4.70. The van der Waals surface area contributed by atoms with Crippen LogP contribution in [-0.2, 0) is 0 Å². The molecule has 1 heterocycles. The van der Waals surface area contributed by atoms with Gasteiger partial charge in [-0.25, -0.2) is 4.39 Å². The molecule has 0 saturated heterocycles. The topological polar surface area (TPSA) is 47.0 Å². The summed E-state index contributed by atoms with van der Waals surface area (Å²) >= 11 is 3.29. The molecule has 1 aromatic heterocycles. The fraction of sp³-hybridized carbons (Fsp3) is 0.231. The highest BCUT2D eigenvalue weighted by Gasteiger charge is 2.06. The van der Waals surface area contributed by atoms with E-state index < -0.39 is 0 Å². The smallest absolute Gasteiger partial charge is 0.239 e. The number of halogens is 2. The van der Waals surface area contributed by atoms with Gasteiger partial charge in [0.25, 0.3) is 0 Å². The molecule has 6 heteroatoms. The predicted octanol–water partition coefficient (Wildman–Crippen LogP) is 3.99. The van der Waals surface area contributed by atoms with Gasteiger partial charge in [0.1, 0.15) is 17.4 Å². The minimum absolute atomic E-state index is 0.312. The highest BCUT2D eigenvalue weighted by Crippen LogP contribution is 2.29. The van der Waals surface area contributed by atoms with E-state index in [2.05, 4.69) is 38.1 Å². The number of hydrogen-bond donors (Lipinski definition) is 1. The second-order valence-electron chi connectivity index (χ2n) is 3.85. The second kappa shape index (κ2) is 6.47. The molecule has 0 atom stereocenters. The maximum absolute atomic E-state index is 13.1. The average Bonchev–Trinajstić information content (AvgIpc) is 2.41. The molecule has 0 aliphatic rings. The normalized spacial score (nSPS) is 10.3. The van der Waals surface area contributed by atoms with Crippen molar-refractivity contribution in [1.82, 2.24) is 9.97 Å². The third-order valence-electron chi connectivity index (χ3n) is 2.28. The molecule has 0 aliphatic heterocycles. The highest BCUT2D eigenvalue weighted by molar-refractivity contribution is 9.10. The van der Waals surface area contributed by atoms with Crippen LogP contribution < -0.4 is 10.1 Å². The maximum Gasteiger partial charge on any atom is 0.239 e. The zero-order chi connectivity index (χ0) is 13.7. The van der Waals surface area contributed by atoms with Gasteiger partial charge >= 0.3 is 0 Å². The Morgan fingerprint density at radius 2 is 2.21 bits per heavy atom. The largest absolute Gasteiger partial charge is 0.436 e. The molecule has 0 unspecified atom stereocenters. The van der Waals surface area contributed by atoms with Crippen molar-refractivity contribution in [1.29, 1.82) is 0 Å². The standard InChI is InChI=1S/C13H13BrFN3O/c1-2-5-17-12-7-16-8-13(18-12)19-11-6-9(15)3-4-10(11)14/h3-4,6-8H,2,5H2,1H3,(H,17,18). The number of rotatable bonds is 5. The van der Waals surface area contributed by atoms with Gasteiger partial charge in [-0.05, 0) is 34.5 Å². The number of ether oxygens (including phenoxy) is 1. The molecule has 0 spiro atoms. The lowest BCUT2D eigenvalue weighted by Gasteiger charge is -2.08. The first-order chi connectivity index (χ1) is 9.19. The van der Waals surface area contributed by atoms with Crippen LogP contribution in [0.25, 0.3) is 0 Å². The molecule has 4 nitrogen and oxygen atoms in total. The first-order valence-corrected chi connectivity index (χ1v) is 6.67. The molecule has 2 aromatic rings. The molecule has 19 heavy (non-hydrogen) atoms. The van der Waals surface area contributed by atoms with Gasteiger partial charge in [-0.3, -0.25) is 4.98 Å². The molecule has 1 aromatic carbocycles. The van der Waals surface area contributed by atoms with Crippen LogP contribution in [-0.4, -0.2) is 16.5 Å². The van der Waals surface area contributed by atoms with Crippen molar-refractivity contribution in [2.75, 3.05) is 11.9 Å². The van der Waals surface area contributed by atoms with Gasteiger partial charge in [0, 0.05) is 12.6 Å². The predicted molar refractivity (Wildman–Crippen MR) is 75.0 cm³/mol. The first kappa shape index (κ1) is 13.7. The van der Waals surface area contributed by atoms with Gasteiger partial charge in [-0.1, -0.05) is 6.92 Å².